The van der Waals surface area contributed by atoms with Crippen molar-refractivity contribution >= 4 is 23.2 Å². The van der Waals surface area contributed by atoms with Gasteiger partial charge in [-0.3, -0.25) is 9.59 Å². The molecule has 138 valence electrons. The summed E-state index contributed by atoms with van der Waals surface area (Å²) >= 11 is 1.66. The fourth-order valence-corrected chi connectivity index (χ4v) is 5.01. The minimum absolute atomic E-state index is 0.0808. The molecule has 0 aromatic carbocycles. The summed E-state index contributed by atoms with van der Waals surface area (Å²) in [5.41, 5.74) is 0.411. The number of hydrogen-bond donors (Lipinski definition) is 0. The van der Waals surface area contributed by atoms with Crippen molar-refractivity contribution in [3.63, 3.8) is 0 Å². The van der Waals surface area contributed by atoms with E-state index in [0.29, 0.717) is 26.2 Å². The first-order chi connectivity index (χ1) is 12.1. The van der Waals surface area contributed by atoms with Crippen LogP contribution in [0.2, 0.25) is 0 Å². The molecule has 1 atom stereocenters. The number of carbonyl (C=O) groups excluding carboxylic acids is 2. The third kappa shape index (κ3) is 3.75. The van der Waals surface area contributed by atoms with Gasteiger partial charge in [-0.05, 0) is 31.7 Å². The summed E-state index contributed by atoms with van der Waals surface area (Å²) in [5, 5.41) is 1.96. The molecule has 0 unspecified atom stereocenters. The monoisotopic (exact) mass is 364 g/mol. The number of methoxy groups -OCH3 is 1. The highest BCUT2D eigenvalue weighted by Crippen LogP contribution is 2.40. The quantitative estimate of drug-likeness (QED) is 0.780. The summed E-state index contributed by atoms with van der Waals surface area (Å²) in [5.74, 6) is 0.292. The highest BCUT2D eigenvalue weighted by Gasteiger charge is 2.49. The van der Waals surface area contributed by atoms with Gasteiger partial charge >= 0.3 is 0 Å². The molecule has 1 aromatic heterocycles. The zero-order valence-electron chi connectivity index (χ0n) is 15.3. The highest BCUT2D eigenvalue weighted by atomic mass is 32.1. The van der Waals surface area contributed by atoms with Crippen LogP contribution in [0.25, 0.3) is 0 Å². The molecule has 0 radical (unpaired) electrons. The van der Waals surface area contributed by atoms with E-state index in [2.05, 4.69) is 6.92 Å². The average Bonchev–Trinajstić information content (AvgIpc) is 3.24. The van der Waals surface area contributed by atoms with E-state index in [-0.39, 0.29) is 17.2 Å². The zero-order chi connectivity index (χ0) is 17.9. The van der Waals surface area contributed by atoms with Gasteiger partial charge in [0.15, 0.2) is 0 Å². The molecular formula is C19H28N2O3S. The number of piperidine rings is 1. The lowest BCUT2D eigenvalue weighted by Gasteiger charge is -2.39. The lowest BCUT2D eigenvalue weighted by molar-refractivity contribution is -0.146. The molecule has 2 fully saturated rings. The smallest absolute Gasteiger partial charge is 0.254 e. The molecule has 2 saturated heterocycles. The summed E-state index contributed by atoms with van der Waals surface area (Å²) in [6.07, 6.45) is 4.80. The first-order valence-corrected chi connectivity index (χ1v) is 10.1. The van der Waals surface area contributed by atoms with E-state index >= 15 is 0 Å². The van der Waals surface area contributed by atoms with Gasteiger partial charge in [0.05, 0.1) is 17.6 Å². The number of carbonyl (C=O) groups is 2. The van der Waals surface area contributed by atoms with Gasteiger partial charge in [-0.15, -0.1) is 11.3 Å². The van der Waals surface area contributed by atoms with Crippen LogP contribution >= 0.6 is 11.3 Å². The molecule has 0 bridgehead atoms. The Hall–Kier alpha value is -1.40. The van der Waals surface area contributed by atoms with Crippen LogP contribution in [0.4, 0.5) is 0 Å². The molecule has 2 aliphatic heterocycles. The number of nitrogens with zero attached hydrogens (tertiary/aromatic N) is 2. The summed E-state index contributed by atoms with van der Waals surface area (Å²) in [6, 6.07) is 2.02. The number of rotatable bonds is 6. The molecule has 0 aliphatic carbocycles. The normalized spacial score (nSPS) is 23.7. The lowest BCUT2D eigenvalue weighted by Crippen LogP contribution is -2.51. The van der Waals surface area contributed by atoms with E-state index in [1.807, 2.05) is 21.2 Å². The van der Waals surface area contributed by atoms with Crippen molar-refractivity contribution in [3.8, 4) is 0 Å². The van der Waals surface area contributed by atoms with Gasteiger partial charge in [-0.2, -0.15) is 0 Å². The Labute approximate surface area is 153 Å². The van der Waals surface area contributed by atoms with Crippen molar-refractivity contribution in [1.82, 2.24) is 9.80 Å². The van der Waals surface area contributed by atoms with Crippen LogP contribution in [0.3, 0.4) is 0 Å². The molecule has 1 aromatic rings. The van der Waals surface area contributed by atoms with Crippen molar-refractivity contribution in [2.24, 2.45) is 5.41 Å². The van der Waals surface area contributed by atoms with E-state index in [1.54, 1.807) is 18.4 Å². The minimum atomic E-state index is -0.371. The van der Waals surface area contributed by atoms with Crippen LogP contribution in [-0.2, 0) is 16.0 Å². The molecule has 0 N–H and O–H groups in total. The van der Waals surface area contributed by atoms with Crippen LogP contribution in [-0.4, -0.2) is 61.5 Å². The predicted octanol–water partition coefficient (Wildman–Crippen LogP) is 2.80. The van der Waals surface area contributed by atoms with Gasteiger partial charge in [-0.25, -0.2) is 0 Å². The van der Waals surface area contributed by atoms with Crippen LogP contribution in [0.5, 0.6) is 0 Å². The maximum Gasteiger partial charge on any atom is 0.254 e. The van der Waals surface area contributed by atoms with Gasteiger partial charge in [0.2, 0.25) is 5.91 Å². The minimum Gasteiger partial charge on any atom is -0.383 e. The Morgan fingerprint density at radius 2 is 2.20 bits per heavy atom. The van der Waals surface area contributed by atoms with E-state index < -0.39 is 0 Å². The number of ether oxygens (including phenoxy) is 1. The van der Waals surface area contributed by atoms with E-state index in [4.69, 9.17) is 4.74 Å². The molecule has 25 heavy (non-hydrogen) atoms. The predicted molar refractivity (Wildman–Crippen MR) is 99.0 cm³/mol. The Kier molecular flexibility index (Phi) is 5.79. The SMILES string of the molecule is CCCc1cc(C(=O)N2CC[C@]3(CCCN(CCOC)C3=O)C2)cs1. The first kappa shape index (κ1) is 18.4. The van der Waals surface area contributed by atoms with Crippen LogP contribution in [0.1, 0.15) is 47.8 Å². The van der Waals surface area contributed by atoms with Gasteiger partial charge in [-0.1, -0.05) is 13.3 Å². The maximum atomic E-state index is 13.0. The van der Waals surface area contributed by atoms with Crippen molar-refractivity contribution < 1.29 is 14.3 Å². The van der Waals surface area contributed by atoms with Crippen LogP contribution < -0.4 is 0 Å². The highest BCUT2D eigenvalue weighted by molar-refractivity contribution is 7.10. The number of hydrogen-bond acceptors (Lipinski definition) is 4. The van der Waals surface area contributed by atoms with Crippen molar-refractivity contribution in [2.75, 3.05) is 39.9 Å². The third-order valence-corrected chi connectivity index (χ3v) is 6.42. The van der Waals surface area contributed by atoms with Crippen molar-refractivity contribution in [1.29, 1.82) is 0 Å². The number of likely N-dealkylation sites (tertiary alicyclic amines) is 2. The summed E-state index contributed by atoms with van der Waals surface area (Å²) < 4.78 is 5.13. The Morgan fingerprint density at radius 3 is 2.96 bits per heavy atom. The van der Waals surface area contributed by atoms with E-state index in [1.165, 1.54) is 4.88 Å². The molecule has 2 amide bonds. The average molecular weight is 365 g/mol. The lowest BCUT2D eigenvalue weighted by atomic mass is 9.78. The summed E-state index contributed by atoms with van der Waals surface area (Å²) in [6.45, 7) is 5.42. The first-order valence-electron chi connectivity index (χ1n) is 9.24. The van der Waals surface area contributed by atoms with Crippen LogP contribution in [0.15, 0.2) is 11.4 Å². The molecular weight excluding hydrogens is 336 g/mol. The summed E-state index contributed by atoms with van der Waals surface area (Å²) in [7, 11) is 1.66. The largest absolute Gasteiger partial charge is 0.383 e. The fourth-order valence-electron chi connectivity index (χ4n) is 4.04. The standard InChI is InChI=1S/C19H28N2O3S/c1-3-5-16-12-15(13-25-16)17(22)21-9-7-19(14-21)6-4-8-20(18(19)23)10-11-24-2/h12-13H,3-11,14H2,1-2H3/t19-/m1/s1. The fraction of sp³-hybridized carbons (Fsp3) is 0.684. The van der Waals surface area contributed by atoms with Gasteiger partial charge in [0.1, 0.15) is 0 Å². The second-order valence-electron chi connectivity index (χ2n) is 7.20. The van der Waals surface area contributed by atoms with Crippen molar-refractivity contribution in [3.05, 3.63) is 21.9 Å². The second-order valence-corrected chi connectivity index (χ2v) is 8.19. The molecule has 3 rings (SSSR count). The van der Waals surface area contributed by atoms with E-state index in [0.717, 1.165) is 44.2 Å². The third-order valence-electron chi connectivity index (χ3n) is 5.43. The summed E-state index contributed by atoms with van der Waals surface area (Å²) in [4.78, 5) is 30.9. The Bertz CT molecular complexity index is 630. The van der Waals surface area contributed by atoms with Gasteiger partial charge in [0.25, 0.3) is 5.91 Å². The number of amides is 2. The molecule has 3 heterocycles. The Balaban J connectivity index is 1.67. The molecule has 0 saturated carbocycles. The maximum absolute atomic E-state index is 13.0. The second kappa shape index (κ2) is 7.87. The number of aryl methyl sites for hydroxylation is 1. The molecule has 1 spiro atoms. The Morgan fingerprint density at radius 1 is 1.36 bits per heavy atom. The molecule has 6 heteroatoms. The molecule has 5 nitrogen and oxygen atoms in total. The zero-order valence-corrected chi connectivity index (χ0v) is 16.1. The van der Waals surface area contributed by atoms with Crippen molar-refractivity contribution in [2.45, 2.75) is 39.0 Å². The topological polar surface area (TPSA) is 49.9 Å². The van der Waals surface area contributed by atoms with Crippen LogP contribution in [0, 0.1) is 5.41 Å². The number of thiophene rings is 1. The van der Waals surface area contributed by atoms with Gasteiger partial charge < -0.3 is 14.5 Å². The van der Waals surface area contributed by atoms with E-state index in [9.17, 15) is 9.59 Å². The molecule has 2 aliphatic rings. The van der Waals surface area contributed by atoms with Gasteiger partial charge in [0, 0.05) is 43.5 Å².